The summed E-state index contributed by atoms with van der Waals surface area (Å²) in [6.45, 7) is 2.16. The summed E-state index contributed by atoms with van der Waals surface area (Å²) in [4.78, 5) is 0. The lowest BCUT2D eigenvalue weighted by Gasteiger charge is -2.08. The Hall–Kier alpha value is -0.820. The van der Waals surface area contributed by atoms with E-state index in [1.54, 1.807) is 7.11 Å². The maximum atomic E-state index is 5.33. The number of hydrogen-bond donors (Lipinski definition) is 0. The van der Waals surface area contributed by atoms with Crippen LogP contribution in [-0.4, -0.2) is 13.2 Å². The van der Waals surface area contributed by atoms with Crippen LogP contribution in [0.1, 0.15) is 24.8 Å². The molecule has 0 unspecified atom stereocenters. The molecule has 0 amide bonds. The molecule has 70 valence electrons. The quantitative estimate of drug-likeness (QED) is 0.688. The lowest BCUT2D eigenvalue weighted by atomic mass is 10.1. The molecule has 1 aromatic rings. The Kier molecular flexibility index (Phi) is 2.36. The molecule has 0 radical (unpaired) electrons. The van der Waals surface area contributed by atoms with Crippen molar-refractivity contribution < 1.29 is 4.74 Å². The fourth-order valence-electron chi connectivity index (χ4n) is 1.99. The molecule has 0 bridgehead atoms. The van der Waals surface area contributed by atoms with Gasteiger partial charge < -0.3 is 4.74 Å². The highest BCUT2D eigenvalue weighted by atomic mass is 16.5. The van der Waals surface area contributed by atoms with E-state index in [0.717, 1.165) is 11.8 Å². The van der Waals surface area contributed by atoms with Gasteiger partial charge in [-0.15, -0.1) is 0 Å². The predicted octanol–water partition coefficient (Wildman–Crippen LogP) is 2.83. The molecule has 1 saturated carbocycles. The van der Waals surface area contributed by atoms with Gasteiger partial charge in [0.25, 0.3) is 0 Å². The Balaban J connectivity index is 2.00. The van der Waals surface area contributed by atoms with Crippen LogP contribution in [0.25, 0.3) is 0 Å². The largest absolute Gasteiger partial charge is 0.381 e. The second-order valence-electron chi connectivity index (χ2n) is 3.86. The van der Waals surface area contributed by atoms with Gasteiger partial charge in [0.15, 0.2) is 0 Å². The maximum Gasteiger partial charge on any atom is 0.0577 e. The molecule has 0 spiro atoms. The first-order valence-electron chi connectivity index (χ1n) is 4.90. The summed E-state index contributed by atoms with van der Waals surface area (Å²) in [5.74, 6) is 1.49. The zero-order valence-corrected chi connectivity index (χ0v) is 8.23. The van der Waals surface area contributed by atoms with Gasteiger partial charge in [-0.2, -0.15) is 0 Å². The molecule has 1 aromatic carbocycles. The molecule has 0 aliphatic heterocycles. The monoisotopic (exact) mass is 176 g/mol. The van der Waals surface area contributed by atoms with E-state index in [-0.39, 0.29) is 0 Å². The van der Waals surface area contributed by atoms with Crippen molar-refractivity contribution in [3.8, 4) is 0 Å². The molecule has 1 fully saturated rings. The van der Waals surface area contributed by atoms with E-state index in [1.165, 1.54) is 12.0 Å². The van der Waals surface area contributed by atoms with Crippen LogP contribution in [0.2, 0.25) is 0 Å². The number of rotatable bonds is 3. The van der Waals surface area contributed by atoms with Crippen LogP contribution in [-0.2, 0) is 4.74 Å². The fourth-order valence-corrected chi connectivity index (χ4v) is 1.99. The van der Waals surface area contributed by atoms with Gasteiger partial charge >= 0.3 is 0 Å². The third-order valence-electron chi connectivity index (χ3n) is 3.04. The first-order valence-corrected chi connectivity index (χ1v) is 4.90. The van der Waals surface area contributed by atoms with Crippen LogP contribution in [0.5, 0.6) is 0 Å². The Morgan fingerprint density at radius 2 is 2.00 bits per heavy atom. The molecule has 1 aliphatic rings. The highest BCUT2D eigenvalue weighted by Crippen LogP contribution is 2.49. The zero-order chi connectivity index (χ0) is 9.26. The van der Waals surface area contributed by atoms with Gasteiger partial charge in [0, 0.05) is 7.11 Å². The molecule has 0 aromatic heterocycles. The Morgan fingerprint density at radius 1 is 1.31 bits per heavy atom. The van der Waals surface area contributed by atoms with Gasteiger partial charge in [0.1, 0.15) is 0 Å². The number of methoxy groups -OCH3 is 1. The topological polar surface area (TPSA) is 9.23 Å². The Bertz CT molecular complexity index is 268. The molecule has 0 heterocycles. The second-order valence-corrected chi connectivity index (χ2v) is 3.86. The van der Waals surface area contributed by atoms with Crippen molar-refractivity contribution in [1.29, 1.82) is 0 Å². The number of hydrogen-bond acceptors (Lipinski definition) is 1. The third-order valence-corrected chi connectivity index (χ3v) is 3.04. The molecule has 0 N–H and O–H groups in total. The predicted molar refractivity (Wildman–Crippen MR) is 53.8 cm³/mol. The van der Waals surface area contributed by atoms with Crippen molar-refractivity contribution in [1.82, 2.24) is 0 Å². The molecular weight excluding hydrogens is 160 g/mol. The van der Waals surface area contributed by atoms with Gasteiger partial charge in [-0.25, -0.2) is 0 Å². The average molecular weight is 176 g/mol. The van der Waals surface area contributed by atoms with E-state index in [0.29, 0.717) is 6.10 Å². The van der Waals surface area contributed by atoms with E-state index in [1.807, 2.05) is 0 Å². The van der Waals surface area contributed by atoms with Crippen LogP contribution < -0.4 is 0 Å². The van der Waals surface area contributed by atoms with E-state index < -0.39 is 0 Å². The summed E-state index contributed by atoms with van der Waals surface area (Å²) in [5, 5.41) is 0. The van der Waals surface area contributed by atoms with E-state index >= 15 is 0 Å². The van der Waals surface area contributed by atoms with E-state index in [2.05, 4.69) is 37.3 Å². The SMILES string of the molecule is CO[C@H](C)[C@H]1C[C@@H]1c1ccccc1. The summed E-state index contributed by atoms with van der Waals surface area (Å²) in [7, 11) is 1.80. The zero-order valence-electron chi connectivity index (χ0n) is 8.23. The minimum absolute atomic E-state index is 0.408. The van der Waals surface area contributed by atoms with Crippen LogP contribution in [0.3, 0.4) is 0 Å². The minimum Gasteiger partial charge on any atom is -0.381 e. The van der Waals surface area contributed by atoms with Gasteiger partial charge in [-0.05, 0) is 30.7 Å². The molecular formula is C12H16O. The normalized spacial score (nSPS) is 28.5. The molecule has 1 aliphatic carbocycles. The Morgan fingerprint density at radius 3 is 2.62 bits per heavy atom. The van der Waals surface area contributed by atoms with Gasteiger partial charge in [0.05, 0.1) is 6.10 Å². The molecule has 0 saturated heterocycles. The van der Waals surface area contributed by atoms with Crippen LogP contribution >= 0.6 is 0 Å². The maximum absolute atomic E-state index is 5.33. The summed E-state index contributed by atoms with van der Waals surface area (Å²) in [6.07, 6.45) is 1.70. The second kappa shape index (κ2) is 3.51. The minimum atomic E-state index is 0.408. The van der Waals surface area contributed by atoms with Crippen LogP contribution in [0.15, 0.2) is 30.3 Å². The van der Waals surface area contributed by atoms with Crippen molar-refractivity contribution in [2.75, 3.05) is 7.11 Å². The first-order chi connectivity index (χ1) is 6.33. The highest BCUT2D eigenvalue weighted by Gasteiger charge is 2.41. The number of ether oxygens (including phenoxy) is 1. The standard InChI is InChI=1S/C12H16O/c1-9(13-2)11-8-12(11)10-6-4-3-5-7-10/h3-7,9,11-12H,8H2,1-2H3/t9-,11-,12-/m1/s1. The van der Waals surface area contributed by atoms with Gasteiger partial charge in [-0.1, -0.05) is 30.3 Å². The van der Waals surface area contributed by atoms with Crippen molar-refractivity contribution in [2.45, 2.75) is 25.4 Å². The van der Waals surface area contributed by atoms with Crippen molar-refractivity contribution >= 4 is 0 Å². The van der Waals surface area contributed by atoms with Crippen molar-refractivity contribution in [3.05, 3.63) is 35.9 Å². The molecule has 1 nitrogen and oxygen atoms in total. The fraction of sp³-hybridized carbons (Fsp3) is 0.500. The molecule has 2 rings (SSSR count). The van der Waals surface area contributed by atoms with Crippen LogP contribution in [0, 0.1) is 5.92 Å². The molecule has 13 heavy (non-hydrogen) atoms. The van der Waals surface area contributed by atoms with E-state index in [9.17, 15) is 0 Å². The lowest BCUT2D eigenvalue weighted by Crippen LogP contribution is -2.08. The third kappa shape index (κ3) is 1.75. The molecule has 3 atom stereocenters. The first kappa shape index (κ1) is 8.76. The Labute approximate surface area is 79.7 Å². The summed E-state index contributed by atoms with van der Waals surface area (Å²) < 4.78 is 5.33. The summed E-state index contributed by atoms with van der Waals surface area (Å²) in [5.41, 5.74) is 1.47. The van der Waals surface area contributed by atoms with Crippen molar-refractivity contribution in [3.63, 3.8) is 0 Å². The van der Waals surface area contributed by atoms with Gasteiger partial charge in [-0.3, -0.25) is 0 Å². The van der Waals surface area contributed by atoms with Crippen LogP contribution in [0.4, 0.5) is 0 Å². The van der Waals surface area contributed by atoms with Crippen molar-refractivity contribution in [2.24, 2.45) is 5.92 Å². The summed E-state index contributed by atoms with van der Waals surface area (Å²) in [6, 6.07) is 10.7. The smallest absolute Gasteiger partial charge is 0.0577 e. The number of benzene rings is 1. The molecule has 1 heteroatoms. The lowest BCUT2D eigenvalue weighted by molar-refractivity contribution is 0.0984. The van der Waals surface area contributed by atoms with Gasteiger partial charge in [0.2, 0.25) is 0 Å². The van der Waals surface area contributed by atoms with E-state index in [4.69, 9.17) is 4.74 Å². The summed E-state index contributed by atoms with van der Waals surface area (Å²) >= 11 is 0. The highest BCUT2D eigenvalue weighted by molar-refractivity contribution is 5.26. The average Bonchev–Trinajstić information content (AvgIpc) is 2.98.